The molecule has 0 aliphatic rings. The lowest BCUT2D eigenvalue weighted by Gasteiger charge is -2.26. The molecule has 304 valence electrons. The molecule has 65 heavy (non-hydrogen) atoms. The van der Waals surface area contributed by atoms with E-state index in [9.17, 15) is 0 Å². The minimum Gasteiger partial charge on any atom is -0.310 e. The number of benzene rings is 12. The van der Waals surface area contributed by atoms with Crippen LogP contribution in [0.3, 0.4) is 0 Å². The van der Waals surface area contributed by atoms with E-state index in [1.807, 2.05) is 0 Å². The molecule has 0 N–H and O–H groups in total. The van der Waals surface area contributed by atoms with Crippen molar-refractivity contribution >= 4 is 60.2 Å². The van der Waals surface area contributed by atoms with Crippen LogP contribution in [0.5, 0.6) is 0 Å². The summed E-state index contributed by atoms with van der Waals surface area (Å²) in [7, 11) is 0. The third kappa shape index (κ3) is 7.01. The standard InChI is InChI=1S/C64H43N/c1-3-16-50(17-4-1)63-61-24-12-11-23-59(61)60-41-35-53(43-62(60)64(63)51-18-5-2-6-19-51)47-32-38-55(39-33-47)65(56-40-34-44-14-7-8-20-52(44)42-56)54-36-30-46(31-37-54)45-26-28-49(29-27-45)58-25-13-21-48-15-9-10-22-57(48)58/h1-43H. The summed E-state index contributed by atoms with van der Waals surface area (Å²) in [6.07, 6.45) is 0. The smallest absolute Gasteiger partial charge is 0.0468 e. The van der Waals surface area contributed by atoms with Crippen molar-refractivity contribution in [3.8, 4) is 55.6 Å². The van der Waals surface area contributed by atoms with E-state index in [1.54, 1.807) is 0 Å². The van der Waals surface area contributed by atoms with Gasteiger partial charge in [-0.2, -0.15) is 0 Å². The van der Waals surface area contributed by atoms with Gasteiger partial charge in [-0.15, -0.1) is 0 Å². The van der Waals surface area contributed by atoms with Crippen molar-refractivity contribution in [2.75, 3.05) is 4.90 Å². The summed E-state index contributed by atoms with van der Waals surface area (Å²) in [5, 5.41) is 9.99. The van der Waals surface area contributed by atoms with Crippen LogP contribution in [-0.2, 0) is 0 Å². The van der Waals surface area contributed by atoms with Gasteiger partial charge in [-0.25, -0.2) is 0 Å². The molecule has 12 rings (SSSR count). The van der Waals surface area contributed by atoms with Crippen LogP contribution in [0.1, 0.15) is 0 Å². The van der Waals surface area contributed by atoms with E-state index in [0.717, 1.165) is 17.1 Å². The molecule has 1 nitrogen and oxygen atoms in total. The maximum absolute atomic E-state index is 2.40. The van der Waals surface area contributed by atoms with Crippen LogP contribution in [0.2, 0.25) is 0 Å². The quantitative estimate of drug-likeness (QED) is 0.138. The molecule has 0 amide bonds. The zero-order valence-electron chi connectivity index (χ0n) is 35.8. The summed E-state index contributed by atoms with van der Waals surface area (Å²) in [5.74, 6) is 0. The van der Waals surface area contributed by atoms with Gasteiger partial charge in [0, 0.05) is 17.1 Å². The summed E-state index contributed by atoms with van der Waals surface area (Å²) < 4.78 is 0. The fraction of sp³-hybridized carbons (Fsp3) is 0. The lowest BCUT2D eigenvalue weighted by molar-refractivity contribution is 1.29. The van der Waals surface area contributed by atoms with Gasteiger partial charge in [0.2, 0.25) is 0 Å². The Morgan fingerprint density at radius 2 is 0.646 bits per heavy atom. The molecular weight excluding hydrogens is 783 g/mol. The van der Waals surface area contributed by atoms with E-state index >= 15 is 0 Å². The number of hydrogen-bond donors (Lipinski definition) is 0. The zero-order chi connectivity index (χ0) is 43.1. The highest BCUT2D eigenvalue weighted by atomic mass is 15.1. The highest BCUT2D eigenvalue weighted by molar-refractivity contribution is 6.22. The van der Waals surface area contributed by atoms with Gasteiger partial charge in [-0.05, 0) is 141 Å². The Balaban J connectivity index is 0.933. The van der Waals surface area contributed by atoms with Crippen LogP contribution in [-0.4, -0.2) is 0 Å². The van der Waals surface area contributed by atoms with Crippen molar-refractivity contribution in [1.82, 2.24) is 0 Å². The molecule has 0 heterocycles. The molecule has 12 aromatic carbocycles. The first-order valence-corrected chi connectivity index (χ1v) is 22.4. The summed E-state index contributed by atoms with van der Waals surface area (Å²) in [6.45, 7) is 0. The van der Waals surface area contributed by atoms with E-state index in [0.29, 0.717) is 0 Å². The monoisotopic (exact) mass is 825 g/mol. The molecule has 0 aliphatic heterocycles. The first kappa shape index (κ1) is 38.2. The third-order valence-corrected chi connectivity index (χ3v) is 13.0. The van der Waals surface area contributed by atoms with E-state index in [1.165, 1.54) is 98.7 Å². The predicted octanol–water partition coefficient (Wildman–Crippen LogP) is 18.1. The highest BCUT2D eigenvalue weighted by Gasteiger charge is 2.19. The van der Waals surface area contributed by atoms with Crippen LogP contribution in [0.15, 0.2) is 261 Å². The molecule has 0 spiro atoms. The largest absolute Gasteiger partial charge is 0.310 e. The van der Waals surface area contributed by atoms with E-state index in [4.69, 9.17) is 0 Å². The Labute approximate surface area is 379 Å². The highest BCUT2D eigenvalue weighted by Crippen LogP contribution is 2.46. The van der Waals surface area contributed by atoms with Crippen LogP contribution < -0.4 is 4.90 Å². The number of hydrogen-bond acceptors (Lipinski definition) is 1. The average molecular weight is 826 g/mol. The second-order valence-corrected chi connectivity index (χ2v) is 16.9. The summed E-state index contributed by atoms with van der Waals surface area (Å²) in [5.41, 5.74) is 15.5. The summed E-state index contributed by atoms with van der Waals surface area (Å²) in [6, 6.07) is 95.2. The van der Waals surface area contributed by atoms with E-state index in [2.05, 4.69) is 266 Å². The molecule has 0 unspecified atom stereocenters. The van der Waals surface area contributed by atoms with Crippen molar-refractivity contribution in [2.24, 2.45) is 0 Å². The summed E-state index contributed by atoms with van der Waals surface area (Å²) >= 11 is 0. The van der Waals surface area contributed by atoms with Gasteiger partial charge in [0.25, 0.3) is 0 Å². The van der Waals surface area contributed by atoms with Crippen LogP contribution >= 0.6 is 0 Å². The number of nitrogens with zero attached hydrogens (tertiary/aromatic N) is 1. The van der Waals surface area contributed by atoms with Crippen molar-refractivity contribution in [3.05, 3.63) is 261 Å². The first-order chi connectivity index (χ1) is 32.2. The van der Waals surface area contributed by atoms with Crippen molar-refractivity contribution in [2.45, 2.75) is 0 Å². The minimum absolute atomic E-state index is 1.10. The molecule has 1 heteroatoms. The minimum atomic E-state index is 1.10. The number of anilines is 3. The average Bonchev–Trinajstić information content (AvgIpc) is 3.39. The zero-order valence-corrected chi connectivity index (χ0v) is 35.8. The molecule has 12 aromatic rings. The van der Waals surface area contributed by atoms with Gasteiger partial charge < -0.3 is 4.90 Å². The van der Waals surface area contributed by atoms with Gasteiger partial charge >= 0.3 is 0 Å². The Bertz CT molecular complexity index is 3660. The van der Waals surface area contributed by atoms with Crippen LogP contribution in [0.4, 0.5) is 17.1 Å². The lowest BCUT2D eigenvalue weighted by atomic mass is 9.84. The maximum atomic E-state index is 2.40. The fourth-order valence-corrected chi connectivity index (χ4v) is 9.87. The van der Waals surface area contributed by atoms with Gasteiger partial charge in [-0.1, -0.05) is 218 Å². The van der Waals surface area contributed by atoms with Crippen LogP contribution in [0.25, 0.3) is 98.7 Å². The number of fused-ring (bicyclic) bond motifs is 5. The van der Waals surface area contributed by atoms with Gasteiger partial charge in [0.1, 0.15) is 0 Å². The summed E-state index contributed by atoms with van der Waals surface area (Å²) in [4.78, 5) is 2.37. The number of rotatable bonds is 8. The lowest BCUT2D eigenvalue weighted by Crippen LogP contribution is -2.09. The molecule has 0 aliphatic carbocycles. The normalized spacial score (nSPS) is 11.4. The third-order valence-electron chi connectivity index (χ3n) is 13.0. The van der Waals surface area contributed by atoms with Crippen molar-refractivity contribution < 1.29 is 0 Å². The Kier molecular flexibility index (Phi) is 9.58. The van der Waals surface area contributed by atoms with Gasteiger partial charge in [0.15, 0.2) is 0 Å². The van der Waals surface area contributed by atoms with Crippen LogP contribution in [0, 0.1) is 0 Å². The van der Waals surface area contributed by atoms with Crippen molar-refractivity contribution in [3.63, 3.8) is 0 Å². The molecule has 0 saturated heterocycles. The Hall–Kier alpha value is -8.52. The first-order valence-electron chi connectivity index (χ1n) is 22.4. The topological polar surface area (TPSA) is 3.24 Å². The molecule has 0 saturated carbocycles. The van der Waals surface area contributed by atoms with E-state index in [-0.39, 0.29) is 0 Å². The van der Waals surface area contributed by atoms with Gasteiger partial charge in [0.05, 0.1) is 0 Å². The van der Waals surface area contributed by atoms with Gasteiger partial charge in [-0.3, -0.25) is 0 Å². The Morgan fingerprint density at radius 3 is 1.31 bits per heavy atom. The maximum Gasteiger partial charge on any atom is 0.0468 e. The Morgan fingerprint density at radius 1 is 0.200 bits per heavy atom. The molecule has 0 atom stereocenters. The predicted molar refractivity (Wildman–Crippen MR) is 278 cm³/mol. The molecule has 0 bridgehead atoms. The molecular formula is C64H43N. The molecule has 0 radical (unpaired) electrons. The SMILES string of the molecule is c1ccc(-c2c(-c3ccccc3)c3cc(-c4ccc(N(c5ccc(-c6ccc(-c7cccc8ccccc78)cc6)cc5)c5ccc6ccccc6c5)cc4)ccc3c3ccccc23)cc1. The second kappa shape index (κ2) is 16.3. The second-order valence-electron chi connectivity index (χ2n) is 16.9. The van der Waals surface area contributed by atoms with Crippen molar-refractivity contribution in [1.29, 1.82) is 0 Å². The fourth-order valence-electron chi connectivity index (χ4n) is 9.87. The molecule has 0 fully saturated rings. The van der Waals surface area contributed by atoms with E-state index < -0.39 is 0 Å². The molecule has 0 aromatic heterocycles.